The second-order valence-electron chi connectivity index (χ2n) is 7.14. The van der Waals surface area contributed by atoms with Crippen LogP contribution in [0.1, 0.15) is 11.4 Å². The van der Waals surface area contributed by atoms with E-state index in [2.05, 4.69) is 30.2 Å². The molecule has 0 saturated heterocycles. The number of aryl methyl sites for hydroxylation is 1. The first-order valence-corrected chi connectivity index (χ1v) is 10.8. The van der Waals surface area contributed by atoms with Gasteiger partial charge in [-0.05, 0) is 30.7 Å². The van der Waals surface area contributed by atoms with Crippen LogP contribution in [0, 0.1) is 6.92 Å². The van der Waals surface area contributed by atoms with Gasteiger partial charge < -0.3 is 9.47 Å². The molecule has 1 aromatic carbocycles. The lowest BCUT2D eigenvalue weighted by molar-refractivity contribution is 0.171. The number of nitrogens with zero attached hydrogens (tertiary/aromatic N) is 7. The normalized spacial score (nSPS) is 13.2. The molecular weight excluding hydrogens is 432 g/mol. The number of thioether (sulfide) groups is 1. The topological polar surface area (TPSA) is 125 Å². The maximum absolute atomic E-state index is 13.0. The van der Waals surface area contributed by atoms with Crippen LogP contribution in [0.25, 0.3) is 22.6 Å². The van der Waals surface area contributed by atoms with E-state index in [1.54, 1.807) is 23.7 Å². The molecule has 11 nitrogen and oxygen atoms in total. The van der Waals surface area contributed by atoms with E-state index in [0.717, 1.165) is 17.1 Å². The molecule has 5 aromatic rings. The van der Waals surface area contributed by atoms with Crippen molar-refractivity contribution in [3.05, 3.63) is 58.4 Å². The number of nitrogens with one attached hydrogen (secondary N) is 1. The number of rotatable bonds is 4. The molecule has 0 radical (unpaired) electrons. The standard InChI is InChI=1S/C20H16N8O3S/c1-11-22-19(25-24-11)27-5-4-14-13(17(27)29)9-21-18-23-20(26-28(14)18)32-10-12-2-3-15-16(8-12)31-7-6-30-15/h2-5,8-9H,6-7,10H2,1H3,(H,22,24,25). The summed E-state index contributed by atoms with van der Waals surface area (Å²) < 4.78 is 14.2. The van der Waals surface area contributed by atoms with Crippen molar-refractivity contribution in [2.24, 2.45) is 0 Å². The molecule has 0 fully saturated rings. The van der Waals surface area contributed by atoms with Crippen molar-refractivity contribution in [3.63, 3.8) is 0 Å². The van der Waals surface area contributed by atoms with E-state index in [1.165, 1.54) is 22.5 Å². The zero-order valence-electron chi connectivity index (χ0n) is 16.8. The maximum Gasteiger partial charge on any atom is 0.268 e. The van der Waals surface area contributed by atoms with Crippen LogP contribution in [0.5, 0.6) is 11.5 Å². The third-order valence-corrected chi connectivity index (χ3v) is 5.90. The minimum Gasteiger partial charge on any atom is -0.486 e. The molecule has 4 aromatic heterocycles. The van der Waals surface area contributed by atoms with E-state index in [1.807, 2.05) is 18.2 Å². The molecule has 1 N–H and O–H groups in total. The Kier molecular flexibility index (Phi) is 4.31. The van der Waals surface area contributed by atoms with Gasteiger partial charge in [0.25, 0.3) is 17.3 Å². The lowest BCUT2D eigenvalue weighted by Crippen LogP contribution is -2.20. The lowest BCUT2D eigenvalue weighted by atomic mass is 10.2. The predicted molar refractivity (Wildman–Crippen MR) is 116 cm³/mol. The zero-order chi connectivity index (χ0) is 21.7. The summed E-state index contributed by atoms with van der Waals surface area (Å²) in [6, 6.07) is 7.66. The summed E-state index contributed by atoms with van der Waals surface area (Å²) >= 11 is 1.48. The quantitative estimate of drug-likeness (QED) is 0.410. The summed E-state index contributed by atoms with van der Waals surface area (Å²) in [4.78, 5) is 26.0. The van der Waals surface area contributed by atoms with Crippen molar-refractivity contribution in [1.82, 2.24) is 39.3 Å². The molecule has 1 aliphatic heterocycles. The van der Waals surface area contributed by atoms with E-state index in [-0.39, 0.29) is 11.5 Å². The minimum atomic E-state index is -0.281. The second kappa shape index (κ2) is 7.34. The molecule has 0 aliphatic carbocycles. The van der Waals surface area contributed by atoms with Gasteiger partial charge in [-0.1, -0.05) is 17.8 Å². The monoisotopic (exact) mass is 448 g/mol. The van der Waals surface area contributed by atoms with E-state index in [4.69, 9.17) is 9.47 Å². The highest BCUT2D eigenvalue weighted by molar-refractivity contribution is 7.98. The molecule has 5 heterocycles. The van der Waals surface area contributed by atoms with Crippen molar-refractivity contribution < 1.29 is 9.47 Å². The van der Waals surface area contributed by atoms with Crippen LogP contribution < -0.4 is 15.0 Å². The average Bonchev–Trinajstić information content (AvgIpc) is 3.44. The van der Waals surface area contributed by atoms with Gasteiger partial charge in [0.2, 0.25) is 5.16 Å². The van der Waals surface area contributed by atoms with Crippen LogP contribution in [0.4, 0.5) is 0 Å². The molecule has 0 spiro atoms. The van der Waals surface area contributed by atoms with Crippen molar-refractivity contribution in [1.29, 1.82) is 0 Å². The summed E-state index contributed by atoms with van der Waals surface area (Å²) in [6.07, 6.45) is 3.13. The molecule has 12 heteroatoms. The number of benzene rings is 1. The van der Waals surface area contributed by atoms with Crippen LogP contribution in [0.2, 0.25) is 0 Å². The lowest BCUT2D eigenvalue weighted by Gasteiger charge is -2.18. The summed E-state index contributed by atoms with van der Waals surface area (Å²) in [7, 11) is 0. The van der Waals surface area contributed by atoms with Gasteiger partial charge in [0.05, 0.1) is 10.9 Å². The number of pyridine rings is 1. The van der Waals surface area contributed by atoms with E-state index in [0.29, 0.717) is 46.6 Å². The van der Waals surface area contributed by atoms with Crippen LogP contribution in [0.15, 0.2) is 46.6 Å². The molecule has 0 atom stereocenters. The van der Waals surface area contributed by atoms with Crippen LogP contribution in [-0.2, 0) is 5.75 Å². The predicted octanol–water partition coefficient (Wildman–Crippen LogP) is 1.92. The molecule has 0 unspecified atom stereocenters. The van der Waals surface area contributed by atoms with Gasteiger partial charge in [-0.25, -0.2) is 9.55 Å². The Morgan fingerprint density at radius 2 is 2.03 bits per heavy atom. The Labute approximate surface area is 184 Å². The number of aromatic nitrogens is 8. The Morgan fingerprint density at radius 3 is 2.88 bits per heavy atom. The van der Waals surface area contributed by atoms with Gasteiger partial charge in [-0.15, -0.1) is 10.2 Å². The third kappa shape index (κ3) is 3.15. The maximum atomic E-state index is 13.0. The van der Waals surface area contributed by atoms with Crippen molar-refractivity contribution in [2.45, 2.75) is 17.8 Å². The summed E-state index contributed by atoms with van der Waals surface area (Å²) in [5.74, 6) is 3.50. The van der Waals surface area contributed by atoms with Gasteiger partial charge >= 0.3 is 0 Å². The fourth-order valence-corrected chi connectivity index (χ4v) is 4.24. The fourth-order valence-electron chi connectivity index (χ4n) is 3.48. The Hall–Kier alpha value is -3.93. The van der Waals surface area contributed by atoms with E-state index in [9.17, 15) is 4.79 Å². The second-order valence-corrected chi connectivity index (χ2v) is 8.08. The summed E-state index contributed by atoms with van der Waals surface area (Å²) in [5.41, 5.74) is 1.40. The molecule has 6 rings (SSSR count). The third-order valence-electron chi connectivity index (χ3n) is 4.99. The van der Waals surface area contributed by atoms with Gasteiger partial charge in [-0.3, -0.25) is 9.89 Å². The highest BCUT2D eigenvalue weighted by atomic mass is 32.2. The first-order valence-electron chi connectivity index (χ1n) is 9.83. The minimum absolute atomic E-state index is 0.281. The van der Waals surface area contributed by atoms with E-state index >= 15 is 0 Å². The number of aromatic amines is 1. The van der Waals surface area contributed by atoms with Gasteiger partial charge in [0.15, 0.2) is 11.5 Å². The molecule has 32 heavy (non-hydrogen) atoms. The fraction of sp³-hybridized carbons (Fsp3) is 0.200. The molecule has 1 aliphatic rings. The van der Waals surface area contributed by atoms with Crippen LogP contribution in [0.3, 0.4) is 0 Å². The van der Waals surface area contributed by atoms with E-state index < -0.39 is 0 Å². The highest BCUT2D eigenvalue weighted by Gasteiger charge is 2.15. The molecule has 0 bridgehead atoms. The van der Waals surface area contributed by atoms with Gasteiger partial charge in [0, 0.05) is 18.1 Å². The van der Waals surface area contributed by atoms with Crippen molar-refractivity contribution in [2.75, 3.05) is 13.2 Å². The average molecular weight is 448 g/mol. The van der Waals surface area contributed by atoms with Crippen LogP contribution in [-0.4, -0.2) is 52.5 Å². The number of hydrogen-bond acceptors (Lipinski definition) is 9. The Balaban J connectivity index is 1.32. The smallest absolute Gasteiger partial charge is 0.268 e. The number of fused-ring (bicyclic) bond motifs is 4. The Bertz CT molecular complexity index is 1540. The zero-order valence-corrected chi connectivity index (χ0v) is 17.7. The number of hydrogen-bond donors (Lipinski definition) is 1. The number of ether oxygens (including phenoxy) is 2. The largest absolute Gasteiger partial charge is 0.486 e. The summed E-state index contributed by atoms with van der Waals surface area (Å²) in [6.45, 7) is 2.89. The highest BCUT2D eigenvalue weighted by Crippen LogP contribution is 2.32. The SMILES string of the molecule is Cc1nc(-n2ccc3c(cnc4nc(SCc5ccc6c(c5)OCCO6)nn43)c2=O)n[nH]1. The molecule has 0 saturated carbocycles. The first kappa shape index (κ1) is 18.8. The first-order chi connectivity index (χ1) is 15.7. The van der Waals surface area contributed by atoms with Crippen molar-refractivity contribution in [3.8, 4) is 17.4 Å². The van der Waals surface area contributed by atoms with Crippen LogP contribution >= 0.6 is 11.8 Å². The number of H-pyrrole nitrogens is 1. The molecule has 0 amide bonds. The molecular formula is C20H16N8O3S. The van der Waals surface area contributed by atoms with Gasteiger partial charge in [0.1, 0.15) is 19.0 Å². The van der Waals surface area contributed by atoms with Gasteiger partial charge in [-0.2, -0.15) is 14.5 Å². The van der Waals surface area contributed by atoms with Crippen molar-refractivity contribution >= 4 is 28.4 Å². The Morgan fingerprint density at radius 1 is 1.16 bits per heavy atom. The molecule has 160 valence electrons. The summed E-state index contributed by atoms with van der Waals surface area (Å²) in [5, 5.41) is 12.3.